The lowest BCUT2D eigenvalue weighted by atomic mass is 9.94. The summed E-state index contributed by atoms with van der Waals surface area (Å²) in [6.45, 7) is 1.73. The molecule has 0 unspecified atom stereocenters. The SMILES string of the molecule is COC(=O)[C@@](C)([NH3+])Cc1ccc(O)cc1. The molecule has 1 aromatic carbocycles. The van der Waals surface area contributed by atoms with E-state index in [1.54, 1.807) is 31.2 Å². The summed E-state index contributed by atoms with van der Waals surface area (Å²) in [5.74, 6) is -0.127. The largest absolute Gasteiger partial charge is 0.508 e. The molecule has 0 saturated heterocycles. The number of carbonyl (C=O) groups excluding carboxylic acids is 1. The van der Waals surface area contributed by atoms with Crippen LogP contribution in [-0.4, -0.2) is 23.7 Å². The summed E-state index contributed by atoms with van der Waals surface area (Å²) in [5.41, 5.74) is 3.98. The Morgan fingerprint density at radius 1 is 1.47 bits per heavy atom. The Hall–Kier alpha value is -1.55. The number of rotatable bonds is 3. The van der Waals surface area contributed by atoms with E-state index in [9.17, 15) is 4.79 Å². The fraction of sp³-hybridized carbons (Fsp3) is 0.364. The molecule has 1 atom stereocenters. The molecule has 0 bridgehead atoms. The predicted octanol–water partition coefficient (Wildman–Crippen LogP) is 0.108. The second-order valence-electron chi connectivity index (χ2n) is 3.90. The van der Waals surface area contributed by atoms with E-state index in [-0.39, 0.29) is 11.7 Å². The maximum atomic E-state index is 11.4. The number of benzene rings is 1. The quantitative estimate of drug-likeness (QED) is 0.695. The summed E-state index contributed by atoms with van der Waals surface area (Å²) in [6, 6.07) is 6.70. The van der Waals surface area contributed by atoms with Gasteiger partial charge >= 0.3 is 5.97 Å². The van der Waals surface area contributed by atoms with Crippen LogP contribution < -0.4 is 5.73 Å². The number of hydrogen-bond donors (Lipinski definition) is 2. The molecule has 15 heavy (non-hydrogen) atoms. The number of esters is 1. The zero-order valence-electron chi connectivity index (χ0n) is 8.99. The van der Waals surface area contributed by atoms with Crippen molar-refractivity contribution in [1.29, 1.82) is 0 Å². The fourth-order valence-electron chi connectivity index (χ4n) is 1.38. The third-order valence-electron chi connectivity index (χ3n) is 2.21. The normalized spacial score (nSPS) is 14.3. The van der Waals surface area contributed by atoms with Gasteiger partial charge in [-0.1, -0.05) is 12.1 Å². The number of hydrogen-bond acceptors (Lipinski definition) is 3. The van der Waals surface area contributed by atoms with E-state index in [2.05, 4.69) is 10.5 Å². The van der Waals surface area contributed by atoms with E-state index in [4.69, 9.17) is 5.11 Å². The van der Waals surface area contributed by atoms with Crippen molar-refractivity contribution < 1.29 is 20.4 Å². The number of phenols is 1. The highest BCUT2D eigenvalue weighted by atomic mass is 16.5. The lowest BCUT2D eigenvalue weighted by Crippen LogP contribution is -2.76. The Balaban J connectivity index is 2.77. The molecule has 1 rings (SSSR count). The van der Waals surface area contributed by atoms with Gasteiger partial charge in [-0.2, -0.15) is 0 Å². The standard InChI is InChI=1S/C11H15NO3/c1-11(12,10(14)15-2)7-8-3-5-9(13)6-4-8/h3-6,13H,7,12H2,1-2H3/p+1/t11-/m0/s1. The summed E-state index contributed by atoms with van der Waals surface area (Å²) < 4.78 is 4.66. The van der Waals surface area contributed by atoms with Crippen molar-refractivity contribution in [1.82, 2.24) is 0 Å². The second kappa shape index (κ2) is 4.31. The first-order chi connectivity index (χ1) is 6.95. The minimum Gasteiger partial charge on any atom is -0.508 e. The predicted molar refractivity (Wildman–Crippen MR) is 55.1 cm³/mol. The van der Waals surface area contributed by atoms with Crippen LogP contribution >= 0.6 is 0 Å². The summed E-state index contributed by atoms with van der Waals surface area (Å²) in [4.78, 5) is 11.4. The van der Waals surface area contributed by atoms with Crippen molar-refractivity contribution >= 4 is 5.97 Å². The Morgan fingerprint density at radius 3 is 2.47 bits per heavy atom. The molecule has 4 heteroatoms. The Kier molecular flexibility index (Phi) is 3.31. The van der Waals surface area contributed by atoms with Gasteiger partial charge in [0, 0.05) is 13.3 Å². The molecule has 0 aliphatic carbocycles. The topological polar surface area (TPSA) is 74.2 Å². The van der Waals surface area contributed by atoms with Crippen LogP contribution in [-0.2, 0) is 16.0 Å². The Morgan fingerprint density at radius 2 is 2.00 bits per heavy atom. The van der Waals surface area contributed by atoms with Crippen LogP contribution in [0.3, 0.4) is 0 Å². The van der Waals surface area contributed by atoms with Crippen LogP contribution in [0.15, 0.2) is 24.3 Å². The third kappa shape index (κ3) is 2.95. The average Bonchev–Trinajstić information content (AvgIpc) is 2.20. The number of ether oxygens (including phenoxy) is 1. The molecule has 0 aliphatic rings. The van der Waals surface area contributed by atoms with Gasteiger partial charge in [0.15, 0.2) is 5.54 Å². The zero-order valence-corrected chi connectivity index (χ0v) is 8.99. The molecule has 0 saturated carbocycles. The number of carbonyl (C=O) groups is 1. The molecule has 0 heterocycles. The molecule has 1 aromatic rings. The van der Waals surface area contributed by atoms with Crippen molar-refractivity contribution in [3.8, 4) is 5.75 Å². The van der Waals surface area contributed by atoms with Crippen molar-refractivity contribution in [3.63, 3.8) is 0 Å². The van der Waals surface area contributed by atoms with Crippen LogP contribution in [0.4, 0.5) is 0 Å². The number of aromatic hydroxyl groups is 1. The van der Waals surface area contributed by atoms with Gasteiger partial charge in [-0.05, 0) is 17.7 Å². The monoisotopic (exact) mass is 210 g/mol. The maximum Gasteiger partial charge on any atom is 0.367 e. The van der Waals surface area contributed by atoms with Crippen molar-refractivity contribution in [2.75, 3.05) is 7.11 Å². The molecule has 82 valence electrons. The molecule has 0 radical (unpaired) electrons. The zero-order chi connectivity index (χ0) is 11.5. The lowest BCUT2D eigenvalue weighted by molar-refractivity contribution is -0.456. The molecule has 0 aromatic heterocycles. The van der Waals surface area contributed by atoms with Gasteiger partial charge in [-0.15, -0.1) is 0 Å². The number of quaternary nitrogens is 1. The van der Waals surface area contributed by atoms with E-state index in [0.29, 0.717) is 6.42 Å². The molecule has 4 N–H and O–H groups in total. The van der Waals surface area contributed by atoms with E-state index >= 15 is 0 Å². The second-order valence-corrected chi connectivity index (χ2v) is 3.90. The van der Waals surface area contributed by atoms with E-state index < -0.39 is 5.54 Å². The summed E-state index contributed by atoms with van der Waals surface area (Å²) >= 11 is 0. The average molecular weight is 210 g/mol. The van der Waals surface area contributed by atoms with Crippen LogP contribution in [0, 0.1) is 0 Å². The molecule has 0 amide bonds. The molecule has 0 aliphatic heterocycles. The first-order valence-corrected chi connectivity index (χ1v) is 4.67. The maximum absolute atomic E-state index is 11.4. The van der Waals surface area contributed by atoms with Crippen LogP contribution in [0.5, 0.6) is 5.75 Å². The lowest BCUT2D eigenvalue weighted by Gasteiger charge is -2.17. The van der Waals surface area contributed by atoms with Gasteiger partial charge < -0.3 is 15.6 Å². The van der Waals surface area contributed by atoms with E-state index in [1.165, 1.54) is 7.11 Å². The van der Waals surface area contributed by atoms with Crippen LogP contribution in [0.25, 0.3) is 0 Å². The van der Waals surface area contributed by atoms with Gasteiger partial charge in [-0.3, -0.25) is 0 Å². The highest BCUT2D eigenvalue weighted by Gasteiger charge is 2.33. The van der Waals surface area contributed by atoms with Crippen LogP contribution in [0.2, 0.25) is 0 Å². The summed E-state index contributed by atoms with van der Waals surface area (Å²) in [5, 5.41) is 9.10. The molecule has 0 spiro atoms. The Labute approximate surface area is 88.7 Å². The molecular formula is C11H16NO3+. The smallest absolute Gasteiger partial charge is 0.367 e. The van der Waals surface area contributed by atoms with Gasteiger partial charge in [-0.25, -0.2) is 4.79 Å². The summed E-state index contributed by atoms with van der Waals surface area (Å²) in [7, 11) is 1.35. The van der Waals surface area contributed by atoms with Crippen molar-refractivity contribution in [2.45, 2.75) is 18.9 Å². The van der Waals surface area contributed by atoms with Gasteiger partial charge in [0.2, 0.25) is 0 Å². The molecular weight excluding hydrogens is 194 g/mol. The van der Waals surface area contributed by atoms with Crippen LogP contribution in [0.1, 0.15) is 12.5 Å². The molecule has 0 fully saturated rings. The van der Waals surface area contributed by atoms with Gasteiger partial charge in [0.05, 0.1) is 7.11 Å². The van der Waals surface area contributed by atoms with Gasteiger partial charge in [0.1, 0.15) is 5.75 Å². The Bertz CT molecular complexity index is 343. The van der Waals surface area contributed by atoms with E-state index in [0.717, 1.165) is 5.56 Å². The first-order valence-electron chi connectivity index (χ1n) is 4.67. The molecule has 4 nitrogen and oxygen atoms in total. The minimum atomic E-state index is -0.786. The number of methoxy groups -OCH3 is 1. The van der Waals surface area contributed by atoms with E-state index in [1.807, 2.05) is 0 Å². The minimum absolute atomic E-state index is 0.211. The van der Waals surface area contributed by atoms with Gasteiger partial charge in [0.25, 0.3) is 0 Å². The third-order valence-corrected chi connectivity index (χ3v) is 2.21. The first kappa shape index (κ1) is 11.5. The fourth-order valence-corrected chi connectivity index (χ4v) is 1.38. The number of phenolic OH excluding ortho intramolecular Hbond substituents is 1. The summed E-state index contributed by atoms with van der Waals surface area (Å²) in [6.07, 6.45) is 0.486. The highest BCUT2D eigenvalue weighted by Crippen LogP contribution is 2.14. The van der Waals surface area contributed by atoms with Crippen molar-refractivity contribution in [2.24, 2.45) is 0 Å². The van der Waals surface area contributed by atoms with Crippen molar-refractivity contribution in [3.05, 3.63) is 29.8 Å². The highest BCUT2D eigenvalue weighted by molar-refractivity contribution is 5.78.